The Morgan fingerprint density at radius 1 is 1.33 bits per heavy atom. The Morgan fingerprint density at radius 3 is 2.83 bits per heavy atom. The number of nitrogens with one attached hydrogen (secondary N) is 1. The molecule has 0 amide bonds. The molecule has 3 nitrogen and oxygen atoms in total. The summed E-state index contributed by atoms with van der Waals surface area (Å²) in [6.07, 6.45) is 1.91. The predicted octanol–water partition coefficient (Wildman–Crippen LogP) is 3.23. The van der Waals surface area contributed by atoms with Crippen LogP contribution >= 0.6 is 27.3 Å². The molecule has 5 N–H and O–H groups in total. The maximum absolute atomic E-state index is 6.00. The maximum atomic E-state index is 6.00. The van der Waals surface area contributed by atoms with Gasteiger partial charge in [-0.3, -0.25) is 11.3 Å². The van der Waals surface area contributed by atoms with E-state index in [1.807, 2.05) is 18.2 Å². The highest BCUT2D eigenvalue weighted by Crippen LogP contribution is 2.27. The number of nitrogen functional groups attached to an aromatic ring is 1. The van der Waals surface area contributed by atoms with Crippen molar-refractivity contribution in [2.75, 3.05) is 5.73 Å². The minimum atomic E-state index is 0.0717. The summed E-state index contributed by atoms with van der Waals surface area (Å²) in [4.78, 5) is 0. The lowest BCUT2D eigenvalue weighted by molar-refractivity contribution is 0.518. The first kappa shape index (κ1) is 13.5. The van der Waals surface area contributed by atoms with Gasteiger partial charge in [0.15, 0.2) is 0 Å². The van der Waals surface area contributed by atoms with Crippen LogP contribution in [0.1, 0.15) is 23.6 Å². The van der Waals surface area contributed by atoms with Gasteiger partial charge >= 0.3 is 0 Å². The molecule has 0 saturated carbocycles. The number of rotatable bonds is 5. The molecule has 2 aromatic rings. The van der Waals surface area contributed by atoms with E-state index in [-0.39, 0.29) is 6.04 Å². The molecule has 0 aliphatic rings. The summed E-state index contributed by atoms with van der Waals surface area (Å²) >= 11 is 5.18. The molecule has 1 unspecified atom stereocenters. The average Bonchev–Trinajstić information content (AvgIpc) is 2.87. The largest absolute Gasteiger partial charge is 0.398 e. The van der Waals surface area contributed by atoms with Crippen LogP contribution in [0.25, 0.3) is 0 Å². The normalized spacial score (nSPS) is 12.6. The van der Waals surface area contributed by atoms with Gasteiger partial charge in [-0.15, -0.1) is 0 Å². The maximum Gasteiger partial charge on any atom is 0.0483 e. The van der Waals surface area contributed by atoms with Gasteiger partial charge < -0.3 is 5.73 Å². The van der Waals surface area contributed by atoms with Gasteiger partial charge in [0.25, 0.3) is 0 Å². The minimum absolute atomic E-state index is 0.0717. The zero-order chi connectivity index (χ0) is 13.0. The molecule has 0 aliphatic carbocycles. The first-order chi connectivity index (χ1) is 8.70. The van der Waals surface area contributed by atoms with Crippen LogP contribution in [-0.4, -0.2) is 0 Å². The lowest BCUT2D eigenvalue weighted by atomic mass is 9.99. The van der Waals surface area contributed by atoms with Crippen LogP contribution < -0.4 is 17.0 Å². The summed E-state index contributed by atoms with van der Waals surface area (Å²) in [5.74, 6) is 5.64. The Bertz CT molecular complexity index is 499. The highest BCUT2D eigenvalue weighted by Gasteiger charge is 2.13. The Hall–Kier alpha value is -0.880. The number of benzene rings is 1. The van der Waals surface area contributed by atoms with Crippen LogP contribution in [0.4, 0.5) is 5.69 Å². The third kappa shape index (κ3) is 3.32. The number of hydrazine groups is 1. The Balaban J connectivity index is 2.10. The number of thiophene rings is 1. The van der Waals surface area contributed by atoms with Gasteiger partial charge in [0.05, 0.1) is 0 Å². The van der Waals surface area contributed by atoms with E-state index in [1.54, 1.807) is 11.3 Å². The number of aryl methyl sites for hydroxylation is 1. The van der Waals surface area contributed by atoms with Gasteiger partial charge in [-0.05, 0) is 59.0 Å². The van der Waals surface area contributed by atoms with Crippen LogP contribution in [0.2, 0.25) is 0 Å². The molecule has 2 rings (SSSR count). The van der Waals surface area contributed by atoms with Crippen molar-refractivity contribution in [2.45, 2.75) is 18.9 Å². The van der Waals surface area contributed by atoms with Crippen molar-refractivity contribution in [1.29, 1.82) is 0 Å². The second kappa shape index (κ2) is 6.33. The Morgan fingerprint density at radius 2 is 2.17 bits per heavy atom. The molecule has 1 aromatic carbocycles. The molecule has 1 atom stereocenters. The second-order valence-corrected chi connectivity index (χ2v) is 5.86. The smallest absolute Gasteiger partial charge is 0.0483 e. The molecule has 1 heterocycles. The summed E-state index contributed by atoms with van der Waals surface area (Å²) in [7, 11) is 0. The van der Waals surface area contributed by atoms with Crippen molar-refractivity contribution in [3.05, 3.63) is 50.6 Å². The quantitative estimate of drug-likeness (QED) is 0.449. The summed E-state index contributed by atoms with van der Waals surface area (Å²) < 4.78 is 1.02. The fourth-order valence-corrected chi connectivity index (χ4v) is 3.00. The molecular formula is C13H16BrN3S. The fraction of sp³-hybridized carbons (Fsp3) is 0.231. The van der Waals surface area contributed by atoms with Crippen molar-refractivity contribution in [3.63, 3.8) is 0 Å². The predicted molar refractivity (Wildman–Crippen MR) is 81.3 cm³/mol. The van der Waals surface area contributed by atoms with Crippen LogP contribution in [0, 0.1) is 0 Å². The fourth-order valence-electron chi connectivity index (χ4n) is 1.92. The van der Waals surface area contributed by atoms with Gasteiger partial charge in [0, 0.05) is 16.2 Å². The second-order valence-electron chi connectivity index (χ2n) is 4.16. The van der Waals surface area contributed by atoms with Crippen LogP contribution in [0.5, 0.6) is 0 Å². The van der Waals surface area contributed by atoms with Gasteiger partial charge in [-0.25, -0.2) is 0 Å². The summed E-state index contributed by atoms with van der Waals surface area (Å²) in [5.41, 5.74) is 12.0. The molecule has 0 fully saturated rings. The van der Waals surface area contributed by atoms with Crippen molar-refractivity contribution in [3.8, 4) is 0 Å². The summed E-state index contributed by atoms with van der Waals surface area (Å²) in [6.45, 7) is 0. The molecular weight excluding hydrogens is 310 g/mol. The Labute approximate surface area is 119 Å². The molecule has 96 valence electrons. The molecule has 0 spiro atoms. The number of hydrogen-bond acceptors (Lipinski definition) is 4. The first-order valence-electron chi connectivity index (χ1n) is 5.73. The lowest BCUT2D eigenvalue weighted by Gasteiger charge is -2.18. The minimum Gasteiger partial charge on any atom is -0.398 e. The lowest BCUT2D eigenvalue weighted by Crippen LogP contribution is -2.29. The molecule has 18 heavy (non-hydrogen) atoms. The first-order valence-corrected chi connectivity index (χ1v) is 7.46. The number of anilines is 1. The molecule has 0 saturated heterocycles. The van der Waals surface area contributed by atoms with E-state index in [0.29, 0.717) is 0 Å². The SMILES string of the molecule is NNC(CCc1ccsc1)c1cc(Br)ccc1N. The summed E-state index contributed by atoms with van der Waals surface area (Å²) in [6, 6.07) is 8.07. The van der Waals surface area contributed by atoms with Crippen LogP contribution in [0.3, 0.4) is 0 Å². The average molecular weight is 326 g/mol. The monoisotopic (exact) mass is 325 g/mol. The third-order valence-corrected chi connectivity index (χ3v) is 4.15. The van der Waals surface area contributed by atoms with Crippen molar-refractivity contribution < 1.29 is 0 Å². The highest BCUT2D eigenvalue weighted by molar-refractivity contribution is 9.10. The van der Waals surface area contributed by atoms with E-state index < -0.39 is 0 Å². The van der Waals surface area contributed by atoms with Crippen molar-refractivity contribution in [2.24, 2.45) is 5.84 Å². The van der Waals surface area contributed by atoms with Crippen LogP contribution in [0.15, 0.2) is 39.5 Å². The van der Waals surface area contributed by atoms with Gasteiger partial charge in [0.1, 0.15) is 0 Å². The highest BCUT2D eigenvalue weighted by atomic mass is 79.9. The van der Waals surface area contributed by atoms with Crippen molar-refractivity contribution >= 4 is 33.0 Å². The number of halogens is 1. The summed E-state index contributed by atoms with van der Waals surface area (Å²) in [5, 5.41) is 4.26. The zero-order valence-corrected chi connectivity index (χ0v) is 12.3. The Kier molecular flexibility index (Phi) is 4.77. The van der Waals surface area contributed by atoms with Gasteiger partial charge in [-0.2, -0.15) is 11.3 Å². The molecule has 0 radical (unpaired) electrons. The number of hydrogen-bond donors (Lipinski definition) is 3. The van der Waals surface area contributed by atoms with E-state index in [2.05, 4.69) is 38.2 Å². The molecule has 0 bridgehead atoms. The zero-order valence-electron chi connectivity index (χ0n) is 9.90. The molecule has 5 heteroatoms. The number of nitrogens with two attached hydrogens (primary N) is 2. The van der Waals surface area contributed by atoms with E-state index in [9.17, 15) is 0 Å². The van der Waals surface area contributed by atoms with E-state index in [4.69, 9.17) is 11.6 Å². The van der Waals surface area contributed by atoms with E-state index >= 15 is 0 Å². The molecule has 1 aromatic heterocycles. The standard InChI is InChI=1S/C13H16BrN3S/c14-10-2-3-12(15)11(7-10)13(17-16)4-1-9-5-6-18-8-9/h2-3,5-8,13,17H,1,4,15-16H2. The van der Waals surface area contributed by atoms with Crippen molar-refractivity contribution in [1.82, 2.24) is 5.43 Å². The van der Waals surface area contributed by atoms with Crippen LogP contribution in [-0.2, 0) is 6.42 Å². The van der Waals surface area contributed by atoms with Gasteiger partial charge in [-0.1, -0.05) is 15.9 Å². The van der Waals surface area contributed by atoms with Gasteiger partial charge in [0.2, 0.25) is 0 Å². The molecule has 0 aliphatic heterocycles. The van der Waals surface area contributed by atoms with E-state index in [0.717, 1.165) is 28.6 Å². The third-order valence-electron chi connectivity index (χ3n) is 2.93. The van der Waals surface area contributed by atoms with E-state index in [1.165, 1.54) is 5.56 Å². The topological polar surface area (TPSA) is 64.1 Å².